The summed E-state index contributed by atoms with van der Waals surface area (Å²) in [5.74, 6) is 0.592. The van der Waals surface area contributed by atoms with Gasteiger partial charge in [0.15, 0.2) is 0 Å². The maximum Gasteiger partial charge on any atom is 0.269 e. The first kappa shape index (κ1) is 19.3. The number of aromatic nitrogens is 1. The van der Waals surface area contributed by atoms with Gasteiger partial charge < -0.3 is 15.4 Å². The summed E-state index contributed by atoms with van der Waals surface area (Å²) >= 11 is 1.63. The molecule has 0 saturated carbocycles. The molecule has 0 unspecified atom stereocenters. The lowest BCUT2D eigenvalue weighted by Gasteiger charge is -2.08. The molecule has 3 rings (SSSR count). The summed E-state index contributed by atoms with van der Waals surface area (Å²) in [5, 5.41) is 5.32. The lowest BCUT2D eigenvalue weighted by Crippen LogP contribution is -2.18. The van der Waals surface area contributed by atoms with Crippen LogP contribution in [0.2, 0.25) is 0 Å². The second-order valence-corrected chi connectivity index (χ2v) is 7.17. The van der Waals surface area contributed by atoms with Crippen LogP contribution in [0.3, 0.4) is 0 Å². The Morgan fingerprint density at radius 1 is 1.07 bits per heavy atom. The van der Waals surface area contributed by atoms with Crippen LogP contribution in [0.4, 0.5) is 5.69 Å². The molecular formula is C21H19N3O3S. The third-order valence-corrected chi connectivity index (χ3v) is 4.67. The van der Waals surface area contributed by atoms with E-state index in [2.05, 4.69) is 15.6 Å². The van der Waals surface area contributed by atoms with E-state index in [0.29, 0.717) is 17.2 Å². The summed E-state index contributed by atoms with van der Waals surface area (Å²) < 4.78 is 5.74. The fourth-order valence-electron chi connectivity index (χ4n) is 2.35. The van der Waals surface area contributed by atoms with Crippen LogP contribution in [0.15, 0.2) is 60.8 Å². The quantitative estimate of drug-likeness (QED) is 0.614. The molecular weight excluding hydrogens is 374 g/mol. The van der Waals surface area contributed by atoms with Crippen molar-refractivity contribution in [2.75, 3.05) is 12.4 Å². The van der Waals surface area contributed by atoms with Gasteiger partial charge in [-0.05, 0) is 55.5 Å². The molecule has 3 aromatic rings. The van der Waals surface area contributed by atoms with Gasteiger partial charge in [-0.15, -0.1) is 11.3 Å². The summed E-state index contributed by atoms with van der Waals surface area (Å²) in [5.41, 5.74) is 0.932. The summed E-state index contributed by atoms with van der Waals surface area (Å²) in [4.78, 5) is 29.9. The third kappa shape index (κ3) is 5.28. The van der Waals surface area contributed by atoms with Gasteiger partial charge in [-0.25, -0.2) is 0 Å². The van der Waals surface area contributed by atoms with E-state index in [1.165, 1.54) is 17.2 Å². The molecule has 28 heavy (non-hydrogen) atoms. The van der Waals surface area contributed by atoms with Crippen molar-refractivity contribution < 1.29 is 14.3 Å². The monoisotopic (exact) mass is 393 g/mol. The predicted molar refractivity (Wildman–Crippen MR) is 111 cm³/mol. The molecule has 6 nitrogen and oxygen atoms in total. The lowest BCUT2D eigenvalue weighted by molar-refractivity contribution is -0.111. The first-order valence-corrected chi connectivity index (χ1v) is 9.37. The lowest BCUT2D eigenvalue weighted by atomic mass is 10.3. The first-order chi connectivity index (χ1) is 13.5. The van der Waals surface area contributed by atoms with E-state index in [-0.39, 0.29) is 17.5 Å². The number of hydrogen-bond donors (Lipinski definition) is 2. The number of nitrogens with one attached hydrogen (secondary N) is 2. The number of pyridine rings is 1. The highest BCUT2D eigenvalue weighted by Crippen LogP contribution is 2.23. The number of nitrogens with zero attached hydrogens (tertiary/aromatic N) is 1. The molecule has 0 radical (unpaired) electrons. The van der Waals surface area contributed by atoms with E-state index >= 15 is 0 Å². The van der Waals surface area contributed by atoms with Crippen molar-refractivity contribution in [1.29, 1.82) is 0 Å². The van der Waals surface area contributed by atoms with Crippen molar-refractivity contribution in [3.05, 3.63) is 76.3 Å². The van der Waals surface area contributed by atoms with Gasteiger partial charge in [0.2, 0.25) is 5.91 Å². The molecule has 0 aliphatic heterocycles. The van der Waals surface area contributed by atoms with Crippen molar-refractivity contribution in [1.82, 2.24) is 10.3 Å². The summed E-state index contributed by atoms with van der Waals surface area (Å²) in [7, 11) is 1.54. The van der Waals surface area contributed by atoms with Crippen LogP contribution in [0.5, 0.6) is 11.5 Å². The Balaban J connectivity index is 1.59. The van der Waals surface area contributed by atoms with E-state index in [4.69, 9.17) is 4.74 Å². The predicted octanol–water partition coefficient (Wildman–Crippen LogP) is 4.26. The van der Waals surface area contributed by atoms with E-state index in [9.17, 15) is 9.59 Å². The highest BCUT2D eigenvalue weighted by molar-refractivity contribution is 7.12. The number of carbonyl (C=O) groups is 2. The number of anilines is 1. The van der Waals surface area contributed by atoms with Gasteiger partial charge in [0.25, 0.3) is 5.91 Å². The van der Waals surface area contributed by atoms with Crippen molar-refractivity contribution in [2.24, 2.45) is 0 Å². The molecule has 0 fully saturated rings. The number of carbonyl (C=O) groups excluding carboxylic acids is 2. The molecule has 0 spiro atoms. The number of aryl methyl sites for hydroxylation is 1. The normalized spacial score (nSPS) is 10.6. The zero-order valence-electron chi connectivity index (χ0n) is 15.4. The van der Waals surface area contributed by atoms with Crippen LogP contribution >= 0.6 is 11.3 Å². The van der Waals surface area contributed by atoms with Crippen LogP contribution in [0.25, 0.3) is 6.08 Å². The minimum absolute atomic E-state index is 0.205. The maximum atomic E-state index is 12.0. The van der Waals surface area contributed by atoms with Gasteiger partial charge in [0, 0.05) is 40.8 Å². The zero-order valence-corrected chi connectivity index (χ0v) is 16.2. The van der Waals surface area contributed by atoms with E-state index < -0.39 is 0 Å². The minimum Gasteiger partial charge on any atom is -0.457 e. The summed E-state index contributed by atoms with van der Waals surface area (Å²) in [6.45, 7) is 2.02. The first-order valence-electron chi connectivity index (χ1n) is 8.55. The van der Waals surface area contributed by atoms with Gasteiger partial charge in [0.05, 0.1) is 0 Å². The fourth-order valence-corrected chi connectivity index (χ4v) is 3.13. The third-order valence-electron chi connectivity index (χ3n) is 3.71. The number of ether oxygens (including phenoxy) is 1. The average molecular weight is 393 g/mol. The Labute approximate surface area is 166 Å². The molecule has 2 heterocycles. The van der Waals surface area contributed by atoms with Crippen LogP contribution in [-0.4, -0.2) is 23.8 Å². The van der Waals surface area contributed by atoms with Crippen LogP contribution < -0.4 is 15.4 Å². The Morgan fingerprint density at radius 3 is 2.54 bits per heavy atom. The highest BCUT2D eigenvalue weighted by atomic mass is 32.1. The van der Waals surface area contributed by atoms with E-state index in [1.54, 1.807) is 60.9 Å². The highest BCUT2D eigenvalue weighted by Gasteiger charge is 2.07. The Morgan fingerprint density at radius 2 is 1.86 bits per heavy atom. The Kier molecular flexibility index (Phi) is 6.18. The second-order valence-electron chi connectivity index (χ2n) is 5.85. The van der Waals surface area contributed by atoms with Gasteiger partial charge in [0.1, 0.15) is 17.2 Å². The van der Waals surface area contributed by atoms with Crippen LogP contribution in [-0.2, 0) is 4.79 Å². The summed E-state index contributed by atoms with van der Waals surface area (Å²) in [6, 6.07) is 14.2. The Bertz CT molecular complexity index is 1010. The molecule has 0 aliphatic rings. The van der Waals surface area contributed by atoms with Gasteiger partial charge in [-0.1, -0.05) is 0 Å². The van der Waals surface area contributed by atoms with Gasteiger partial charge in [-0.3, -0.25) is 14.6 Å². The standard InChI is InChI=1S/C21H19N3O3S/c1-14-3-8-18(28-14)9-10-20(25)24-15-4-6-16(7-5-15)27-17-11-12-23-19(13-17)21(26)22-2/h3-13H,1-2H3,(H,22,26)(H,24,25)/b10-9+. The summed E-state index contributed by atoms with van der Waals surface area (Å²) in [6.07, 6.45) is 4.81. The van der Waals surface area contributed by atoms with Crippen LogP contribution in [0, 0.1) is 6.92 Å². The number of amides is 2. The number of thiophene rings is 1. The zero-order chi connectivity index (χ0) is 19.9. The molecule has 2 amide bonds. The second kappa shape index (κ2) is 8.96. The van der Waals surface area contributed by atoms with E-state index in [0.717, 1.165) is 4.88 Å². The number of hydrogen-bond acceptors (Lipinski definition) is 5. The molecule has 7 heteroatoms. The fraction of sp³-hybridized carbons (Fsp3) is 0.0952. The molecule has 0 atom stereocenters. The molecule has 0 bridgehead atoms. The number of rotatable bonds is 6. The smallest absolute Gasteiger partial charge is 0.269 e. The van der Waals surface area contributed by atoms with E-state index in [1.807, 2.05) is 19.1 Å². The number of benzene rings is 1. The van der Waals surface area contributed by atoms with Crippen molar-refractivity contribution in [2.45, 2.75) is 6.92 Å². The molecule has 2 aromatic heterocycles. The van der Waals surface area contributed by atoms with Crippen LogP contribution in [0.1, 0.15) is 20.2 Å². The molecule has 0 saturated heterocycles. The van der Waals surface area contributed by atoms with Gasteiger partial charge in [-0.2, -0.15) is 0 Å². The van der Waals surface area contributed by atoms with Crippen molar-refractivity contribution in [3.63, 3.8) is 0 Å². The molecule has 2 N–H and O–H groups in total. The largest absolute Gasteiger partial charge is 0.457 e. The Hall–Kier alpha value is -3.45. The molecule has 142 valence electrons. The van der Waals surface area contributed by atoms with Gasteiger partial charge >= 0.3 is 0 Å². The SMILES string of the molecule is CNC(=O)c1cc(Oc2ccc(NC(=O)/C=C/c3ccc(C)s3)cc2)ccn1. The molecule has 0 aliphatic carbocycles. The minimum atomic E-state index is -0.283. The topological polar surface area (TPSA) is 80.3 Å². The van der Waals surface area contributed by atoms with Crippen molar-refractivity contribution in [3.8, 4) is 11.5 Å². The van der Waals surface area contributed by atoms with Crippen molar-refractivity contribution >= 4 is 34.9 Å². The average Bonchev–Trinajstić information content (AvgIpc) is 3.13. The molecule has 1 aromatic carbocycles. The maximum absolute atomic E-state index is 12.0.